The predicted molar refractivity (Wildman–Crippen MR) is 76.2 cm³/mol. The van der Waals surface area contributed by atoms with Gasteiger partial charge in [-0.15, -0.1) is 0 Å². The van der Waals surface area contributed by atoms with Crippen LogP contribution in [-0.2, 0) is 4.79 Å². The Morgan fingerprint density at radius 3 is 2.61 bits per heavy atom. The van der Waals surface area contributed by atoms with Gasteiger partial charge in [0.1, 0.15) is 0 Å². The molecule has 106 valence electrons. The standard InChI is InChI=1S/C15H30N2O/c1-5-8-17-15(10-14(16)18)9-12(4)6-7-13(15)11(2)3/h11-13,17H,5-10H2,1-4H3,(H2,16,18). The predicted octanol–water partition coefficient (Wildman–Crippen LogP) is 2.69. The van der Waals surface area contributed by atoms with E-state index in [0.717, 1.165) is 19.4 Å². The Bertz CT molecular complexity index is 278. The van der Waals surface area contributed by atoms with Crippen LogP contribution in [0.1, 0.15) is 59.8 Å². The van der Waals surface area contributed by atoms with Crippen LogP contribution in [0.3, 0.4) is 0 Å². The molecule has 0 bridgehead atoms. The second-order valence-electron chi connectivity index (χ2n) is 6.46. The van der Waals surface area contributed by atoms with Crippen LogP contribution in [0.5, 0.6) is 0 Å². The number of rotatable bonds is 6. The average molecular weight is 254 g/mol. The van der Waals surface area contributed by atoms with Gasteiger partial charge in [0.25, 0.3) is 0 Å². The molecule has 0 aliphatic heterocycles. The summed E-state index contributed by atoms with van der Waals surface area (Å²) in [5, 5.41) is 3.68. The third kappa shape index (κ3) is 3.71. The van der Waals surface area contributed by atoms with Crippen LogP contribution in [0.4, 0.5) is 0 Å². The van der Waals surface area contributed by atoms with E-state index < -0.39 is 0 Å². The Labute approximate surface area is 112 Å². The van der Waals surface area contributed by atoms with Crippen LogP contribution in [0.2, 0.25) is 0 Å². The molecule has 0 aromatic heterocycles. The molecule has 1 aliphatic carbocycles. The maximum atomic E-state index is 11.5. The number of hydrogen-bond acceptors (Lipinski definition) is 2. The first-order valence-electron chi connectivity index (χ1n) is 7.44. The molecule has 1 rings (SSSR count). The molecule has 0 heterocycles. The van der Waals surface area contributed by atoms with Crippen molar-refractivity contribution in [1.29, 1.82) is 0 Å². The fourth-order valence-electron chi connectivity index (χ4n) is 3.74. The highest BCUT2D eigenvalue weighted by Crippen LogP contribution is 2.42. The first-order valence-corrected chi connectivity index (χ1v) is 7.44. The van der Waals surface area contributed by atoms with Gasteiger partial charge in [-0.1, -0.05) is 34.1 Å². The number of carbonyl (C=O) groups is 1. The third-order valence-corrected chi connectivity index (χ3v) is 4.41. The highest BCUT2D eigenvalue weighted by Gasteiger charge is 2.44. The Morgan fingerprint density at radius 1 is 1.44 bits per heavy atom. The van der Waals surface area contributed by atoms with Crippen molar-refractivity contribution in [2.24, 2.45) is 23.5 Å². The van der Waals surface area contributed by atoms with Crippen molar-refractivity contribution in [2.75, 3.05) is 6.54 Å². The summed E-state index contributed by atoms with van der Waals surface area (Å²) in [6, 6.07) is 0. The number of carbonyl (C=O) groups excluding carboxylic acids is 1. The van der Waals surface area contributed by atoms with E-state index in [-0.39, 0.29) is 11.4 Å². The molecule has 3 unspecified atom stereocenters. The molecule has 0 saturated heterocycles. The summed E-state index contributed by atoms with van der Waals surface area (Å²) < 4.78 is 0. The first-order chi connectivity index (χ1) is 8.41. The van der Waals surface area contributed by atoms with E-state index in [1.54, 1.807) is 0 Å². The molecule has 0 spiro atoms. The lowest BCUT2D eigenvalue weighted by Gasteiger charge is -2.48. The zero-order valence-electron chi connectivity index (χ0n) is 12.5. The maximum Gasteiger partial charge on any atom is 0.219 e. The van der Waals surface area contributed by atoms with Gasteiger partial charge in [-0.2, -0.15) is 0 Å². The van der Waals surface area contributed by atoms with E-state index in [1.807, 2.05) is 0 Å². The van der Waals surface area contributed by atoms with Gasteiger partial charge in [-0.3, -0.25) is 4.79 Å². The highest BCUT2D eigenvalue weighted by atomic mass is 16.1. The minimum atomic E-state index is -0.168. The third-order valence-electron chi connectivity index (χ3n) is 4.41. The lowest BCUT2D eigenvalue weighted by Crippen LogP contribution is -2.58. The van der Waals surface area contributed by atoms with Crippen molar-refractivity contribution < 1.29 is 4.79 Å². The van der Waals surface area contributed by atoms with Crippen molar-refractivity contribution in [1.82, 2.24) is 5.32 Å². The fraction of sp³-hybridized carbons (Fsp3) is 0.933. The number of nitrogens with two attached hydrogens (primary N) is 1. The van der Waals surface area contributed by atoms with E-state index in [2.05, 4.69) is 33.0 Å². The summed E-state index contributed by atoms with van der Waals surface area (Å²) in [7, 11) is 0. The van der Waals surface area contributed by atoms with Crippen molar-refractivity contribution in [3.05, 3.63) is 0 Å². The van der Waals surface area contributed by atoms with Gasteiger partial charge in [0.05, 0.1) is 0 Å². The van der Waals surface area contributed by atoms with Crippen molar-refractivity contribution in [2.45, 2.75) is 65.3 Å². The Balaban J connectivity index is 2.94. The minimum absolute atomic E-state index is 0.0618. The van der Waals surface area contributed by atoms with Crippen LogP contribution >= 0.6 is 0 Å². The molecule has 3 nitrogen and oxygen atoms in total. The Hall–Kier alpha value is -0.570. The van der Waals surface area contributed by atoms with Crippen LogP contribution in [0, 0.1) is 17.8 Å². The number of nitrogens with one attached hydrogen (secondary N) is 1. The molecule has 1 fully saturated rings. The van der Waals surface area contributed by atoms with E-state index in [9.17, 15) is 4.79 Å². The molecule has 1 aliphatic rings. The number of primary amides is 1. The molecule has 3 N–H and O–H groups in total. The number of hydrogen-bond donors (Lipinski definition) is 2. The second-order valence-corrected chi connectivity index (χ2v) is 6.46. The first kappa shape index (κ1) is 15.5. The quantitative estimate of drug-likeness (QED) is 0.765. The fourth-order valence-corrected chi connectivity index (χ4v) is 3.74. The normalized spacial score (nSPS) is 32.7. The highest BCUT2D eigenvalue weighted by molar-refractivity contribution is 5.75. The van der Waals surface area contributed by atoms with Crippen molar-refractivity contribution in [3.8, 4) is 0 Å². The summed E-state index contributed by atoms with van der Waals surface area (Å²) in [6.07, 6.45) is 5.15. The summed E-state index contributed by atoms with van der Waals surface area (Å²) in [6.45, 7) is 9.97. The Kier molecular flexibility index (Phi) is 5.64. The monoisotopic (exact) mass is 254 g/mol. The van der Waals surface area contributed by atoms with Gasteiger partial charge in [-0.25, -0.2) is 0 Å². The molecule has 18 heavy (non-hydrogen) atoms. The van der Waals surface area contributed by atoms with Crippen LogP contribution < -0.4 is 11.1 Å². The van der Waals surface area contributed by atoms with Crippen LogP contribution in [0.15, 0.2) is 0 Å². The number of amides is 1. The van der Waals surface area contributed by atoms with E-state index in [0.29, 0.717) is 24.2 Å². The summed E-state index contributed by atoms with van der Waals surface area (Å²) in [5.41, 5.74) is 5.45. The SMILES string of the molecule is CCCNC1(CC(N)=O)CC(C)CCC1C(C)C. The van der Waals surface area contributed by atoms with Gasteiger partial charge < -0.3 is 11.1 Å². The van der Waals surface area contributed by atoms with Gasteiger partial charge in [0.15, 0.2) is 0 Å². The summed E-state index contributed by atoms with van der Waals surface area (Å²) >= 11 is 0. The smallest absolute Gasteiger partial charge is 0.219 e. The summed E-state index contributed by atoms with van der Waals surface area (Å²) in [4.78, 5) is 11.5. The van der Waals surface area contributed by atoms with Crippen molar-refractivity contribution in [3.63, 3.8) is 0 Å². The molecule has 3 atom stereocenters. The lowest BCUT2D eigenvalue weighted by molar-refractivity contribution is -0.121. The molecule has 0 aromatic rings. The van der Waals surface area contributed by atoms with Gasteiger partial charge in [-0.05, 0) is 43.6 Å². The van der Waals surface area contributed by atoms with Crippen LogP contribution in [-0.4, -0.2) is 18.0 Å². The molecular weight excluding hydrogens is 224 g/mol. The summed E-state index contributed by atoms with van der Waals surface area (Å²) in [5.74, 6) is 1.68. The molecule has 0 aromatic carbocycles. The largest absolute Gasteiger partial charge is 0.370 e. The maximum absolute atomic E-state index is 11.5. The van der Waals surface area contributed by atoms with Gasteiger partial charge in [0, 0.05) is 12.0 Å². The average Bonchev–Trinajstić information content (AvgIpc) is 2.25. The van der Waals surface area contributed by atoms with E-state index in [1.165, 1.54) is 12.8 Å². The Morgan fingerprint density at radius 2 is 2.11 bits per heavy atom. The zero-order valence-corrected chi connectivity index (χ0v) is 12.5. The second kappa shape index (κ2) is 6.55. The van der Waals surface area contributed by atoms with Crippen molar-refractivity contribution >= 4 is 5.91 Å². The molecule has 1 saturated carbocycles. The van der Waals surface area contributed by atoms with Crippen LogP contribution in [0.25, 0.3) is 0 Å². The lowest BCUT2D eigenvalue weighted by atomic mass is 9.63. The minimum Gasteiger partial charge on any atom is -0.370 e. The van der Waals surface area contributed by atoms with E-state index in [4.69, 9.17) is 5.73 Å². The van der Waals surface area contributed by atoms with E-state index >= 15 is 0 Å². The zero-order chi connectivity index (χ0) is 13.8. The van der Waals surface area contributed by atoms with Gasteiger partial charge in [0.2, 0.25) is 5.91 Å². The topological polar surface area (TPSA) is 55.1 Å². The molecular formula is C15H30N2O. The van der Waals surface area contributed by atoms with Gasteiger partial charge >= 0.3 is 0 Å². The molecule has 3 heteroatoms. The molecule has 1 amide bonds. The molecule has 0 radical (unpaired) electrons.